The summed E-state index contributed by atoms with van der Waals surface area (Å²) >= 11 is 0. The van der Waals surface area contributed by atoms with E-state index in [1.165, 1.54) is 42.5 Å². The standard InChI is InChI=1S/C28H25F3N2O7/c29-28(30,31)21-6-4-19(5-7-21)27(36)40-24-8-1-18(2-9-24)3-10-25(34)38-13-11-37-12-14-39-26(35)20-15-22(32)17-23(33)16-20/h1-10,15-17H,11-14,32-33H2/b10-3+. The third kappa shape index (κ3) is 9.48. The lowest BCUT2D eigenvalue weighted by molar-refractivity contribution is -0.139. The number of hydrogen-bond donors (Lipinski definition) is 2. The average Bonchev–Trinajstić information content (AvgIpc) is 2.91. The first kappa shape index (κ1) is 29.7. The molecule has 0 unspecified atom stereocenters. The fourth-order valence-electron chi connectivity index (χ4n) is 3.19. The number of hydrogen-bond acceptors (Lipinski definition) is 9. The molecule has 0 bridgehead atoms. The molecule has 0 aliphatic rings. The predicted octanol–water partition coefficient (Wildman–Crippen LogP) is 4.52. The molecule has 0 amide bonds. The van der Waals surface area contributed by atoms with Gasteiger partial charge in [0.25, 0.3) is 0 Å². The molecule has 0 saturated heterocycles. The van der Waals surface area contributed by atoms with Crippen LogP contribution in [-0.2, 0) is 25.2 Å². The summed E-state index contributed by atoms with van der Waals surface area (Å²) < 4.78 is 58.4. The van der Waals surface area contributed by atoms with Crippen molar-refractivity contribution in [2.24, 2.45) is 0 Å². The number of anilines is 2. The van der Waals surface area contributed by atoms with Gasteiger partial charge in [-0.2, -0.15) is 13.2 Å². The molecule has 0 radical (unpaired) electrons. The number of halogens is 3. The lowest BCUT2D eigenvalue weighted by atomic mass is 10.1. The lowest BCUT2D eigenvalue weighted by Gasteiger charge is -2.08. The van der Waals surface area contributed by atoms with Crippen LogP contribution in [0.4, 0.5) is 24.5 Å². The van der Waals surface area contributed by atoms with Gasteiger partial charge in [-0.15, -0.1) is 0 Å². The highest BCUT2D eigenvalue weighted by Gasteiger charge is 2.30. The van der Waals surface area contributed by atoms with E-state index < -0.39 is 29.6 Å². The monoisotopic (exact) mass is 558 g/mol. The van der Waals surface area contributed by atoms with Crippen molar-refractivity contribution >= 4 is 35.4 Å². The van der Waals surface area contributed by atoms with Crippen LogP contribution >= 0.6 is 0 Å². The number of alkyl halides is 3. The molecule has 0 aliphatic carbocycles. The number of ether oxygens (including phenoxy) is 4. The molecule has 40 heavy (non-hydrogen) atoms. The second-order valence-corrected chi connectivity index (χ2v) is 8.17. The molecule has 4 N–H and O–H groups in total. The summed E-state index contributed by atoms with van der Waals surface area (Å²) in [7, 11) is 0. The SMILES string of the molecule is Nc1cc(N)cc(C(=O)OCCOCCOC(=O)/C=C/c2ccc(OC(=O)c3ccc(C(F)(F)F)cc3)cc2)c1. The first-order valence-corrected chi connectivity index (χ1v) is 11.8. The van der Waals surface area contributed by atoms with Gasteiger partial charge in [0.2, 0.25) is 0 Å². The third-order valence-corrected chi connectivity index (χ3v) is 5.10. The summed E-state index contributed by atoms with van der Waals surface area (Å²) in [6.45, 7) is 0.132. The van der Waals surface area contributed by atoms with E-state index in [1.54, 1.807) is 12.1 Å². The number of rotatable bonds is 11. The molecule has 0 saturated carbocycles. The molecule has 0 aromatic heterocycles. The zero-order chi connectivity index (χ0) is 29.1. The minimum atomic E-state index is -4.50. The van der Waals surface area contributed by atoms with Gasteiger partial charge < -0.3 is 30.4 Å². The van der Waals surface area contributed by atoms with Crippen LogP contribution in [-0.4, -0.2) is 44.3 Å². The normalized spacial score (nSPS) is 11.3. The highest BCUT2D eigenvalue weighted by molar-refractivity contribution is 5.92. The maximum absolute atomic E-state index is 12.6. The summed E-state index contributed by atoms with van der Waals surface area (Å²) in [5.41, 5.74) is 11.9. The van der Waals surface area contributed by atoms with Crippen molar-refractivity contribution in [2.45, 2.75) is 6.18 Å². The van der Waals surface area contributed by atoms with Crippen LogP contribution in [0, 0.1) is 0 Å². The Balaban J connectivity index is 1.32. The summed E-state index contributed by atoms with van der Waals surface area (Å²) in [6.07, 6.45) is -1.82. The molecular formula is C28H25F3N2O7. The fraction of sp³-hybridized carbons (Fsp3) is 0.179. The first-order chi connectivity index (χ1) is 19.0. The van der Waals surface area contributed by atoms with Gasteiger partial charge >= 0.3 is 24.1 Å². The molecular weight excluding hydrogens is 533 g/mol. The molecule has 3 aromatic rings. The van der Waals surface area contributed by atoms with Crippen molar-refractivity contribution in [1.82, 2.24) is 0 Å². The van der Waals surface area contributed by atoms with Crippen molar-refractivity contribution in [1.29, 1.82) is 0 Å². The van der Waals surface area contributed by atoms with Gasteiger partial charge in [0, 0.05) is 17.5 Å². The first-order valence-electron chi connectivity index (χ1n) is 11.8. The number of esters is 3. The van der Waals surface area contributed by atoms with E-state index in [0.717, 1.165) is 24.3 Å². The molecule has 3 aromatic carbocycles. The van der Waals surface area contributed by atoms with Gasteiger partial charge in [0.05, 0.1) is 29.9 Å². The van der Waals surface area contributed by atoms with Crippen molar-refractivity contribution in [3.8, 4) is 5.75 Å². The molecule has 0 aliphatic heterocycles. The van der Waals surface area contributed by atoms with Crippen LogP contribution in [0.2, 0.25) is 0 Å². The molecule has 3 rings (SSSR count). The second-order valence-electron chi connectivity index (χ2n) is 8.17. The summed E-state index contributed by atoms with van der Waals surface area (Å²) in [6, 6.07) is 14.2. The number of carbonyl (C=O) groups is 3. The Labute approximate surface area is 227 Å². The van der Waals surface area contributed by atoms with E-state index >= 15 is 0 Å². The molecule has 12 heteroatoms. The van der Waals surface area contributed by atoms with Crippen molar-refractivity contribution in [3.05, 3.63) is 95.1 Å². The molecule has 210 valence electrons. The van der Waals surface area contributed by atoms with Crippen LogP contribution < -0.4 is 16.2 Å². The van der Waals surface area contributed by atoms with Gasteiger partial charge in [-0.05, 0) is 66.2 Å². The quantitative estimate of drug-likeness (QED) is 0.114. The zero-order valence-electron chi connectivity index (χ0n) is 21.0. The lowest BCUT2D eigenvalue weighted by Crippen LogP contribution is -2.14. The Bertz CT molecular complexity index is 1340. The van der Waals surface area contributed by atoms with Crippen molar-refractivity contribution < 1.29 is 46.5 Å². The largest absolute Gasteiger partial charge is 0.460 e. The number of nitrogen functional groups attached to an aromatic ring is 2. The van der Waals surface area contributed by atoms with E-state index in [2.05, 4.69) is 0 Å². The summed E-state index contributed by atoms with van der Waals surface area (Å²) in [4.78, 5) is 36.0. The summed E-state index contributed by atoms with van der Waals surface area (Å²) in [5, 5.41) is 0. The van der Waals surface area contributed by atoms with Gasteiger partial charge in [-0.3, -0.25) is 0 Å². The highest BCUT2D eigenvalue weighted by atomic mass is 19.4. The van der Waals surface area contributed by atoms with Crippen LogP contribution in [0.5, 0.6) is 5.75 Å². The van der Waals surface area contributed by atoms with E-state index in [0.29, 0.717) is 16.9 Å². The molecule has 0 spiro atoms. The van der Waals surface area contributed by atoms with Crippen LogP contribution in [0.25, 0.3) is 6.08 Å². The Kier molecular flexibility index (Phi) is 10.3. The maximum atomic E-state index is 12.6. The fourth-order valence-corrected chi connectivity index (χ4v) is 3.19. The van der Waals surface area contributed by atoms with Gasteiger partial charge in [0.1, 0.15) is 19.0 Å². The molecule has 0 atom stereocenters. The number of carbonyl (C=O) groups excluding carboxylic acids is 3. The van der Waals surface area contributed by atoms with Crippen molar-refractivity contribution in [3.63, 3.8) is 0 Å². The number of nitrogens with two attached hydrogens (primary N) is 2. The Morgan fingerprint density at radius 3 is 1.93 bits per heavy atom. The van der Waals surface area contributed by atoms with Crippen molar-refractivity contribution in [2.75, 3.05) is 37.9 Å². The maximum Gasteiger partial charge on any atom is 0.416 e. The van der Waals surface area contributed by atoms with E-state index in [9.17, 15) is 27.6 Å². The van der Waals surface area contributed by atoms with Crippen LogP contribution in [0.1, 0.15) is 31.8 Å². The Morgan fingerprint density at radius 1 is 0.725 bits per heavy atom. The minimum Gasteiger partial charge on any atom is -0.460 e. The van der Waals surface area contributed by atoms with E-state index in [-0.39, 0.29) is 43.3 Å². The van der Waals surface area contributed by atoms with Crippen LogP contribution in [0.3, 0.4) is 0 Å². The smallest absolute Gasteiger partial charge is 0.416 e. The third-order valence-electron chi connectivity index (χ3n) is 5.10. The highest BCUT2D eigenvalue weighted by Crippen LogP contribution is 2.29. The van der Waals surface area contributed by atoms with Gasteiger partial charge in [0.15, 0.2) is 0 Å². The number of benzene rings is 3. The topological polar surface area (TPSA) is 140 Å². The van der Waals surface area contributed by atoms with Gasteiger partial charge in [-0.25, -0.2) is 14.4 Å². The predicted molar refractivity (Wildman–Crippen MR) is 139 cm³/mol. The molecule has 0 fully saturated rings. The summed E-state index contributed by atoms with van der Waals surface area (Å²) in [5.74, 6) is -1.85. The Morgan fingerprint density at radius 2 is 1.32 bits per heavy atom. The second kappa shape index (κ2) is 13.8. The van der Waals surface area contributed by atoms with Gasteiger partial charge in [-0.1, -0.05) is 12.1 Å². The van der Waals surface area contributed by atoms with E-state index in [4.69, 9.17) is 30.4 Å². The van der Waals surface area contributed by atoms with E-state index in [1.807, 2.05) is 0 Å². The minimum absolute atomic E-state index is 0.0168. The zero-order valence-corrected chi connectivity index (χ0v) is 21.0. The Hall–Kier alpha value is -4.84. The molecule has 9 nitrogen and oxygen atoms in total. The van der Waals surface area contributed by atoms with Crippen LogP contribution in [0.15, 0.2) is 72.8 Å². The molecule has 0 heterocycles. The average molecular weight is 559 g/mol.